The number of pyridine rings is 1. The summed E-state index contributed by atoms with van der Waals surface area (Å²) in [6, 6.07) is 3.60. The summed E-state index contributed by atoms with van der Waals surface area (Å²) in [5.74, 6) is 0.860. The van der Waals surface area contributed by atoms with E-state index in [4.69, 9.17) is 11.6 Å². The first-order valence-corrected chi connectivity index (χ1v) is 5.18. The second-order valence-electron chi connectivity index (χ2n) is 3.22. The van der Waals surface area contributed by atoms with Crippen LogP contribution in [0.1, 0.15) is 5.56 Å². The Morgan fingerprint density at radius 3 is 2.80 bits per heavy atom. The van der Waals surface area contributed by atoms with E-state index in [1.54, 1.807) is 12.3 Å². The summed E-state index contributed by atoms with van der Waals surface area (Å²) >= 11 is 5.56. The first kappa shape index (κ1) is 12.2. The van der Waals surface area contributed by atoms with E-state index in [1.807, 2.05) is 13.0 Å². The minimum Gasteiger partial charge on any atom is -0.350 e. The smallest absolute Gasteiger partial charge is 0.255 e. The Hall–Kier alpha value is -0.900. The van der Waals surface area contributed by atoms with Crippen molar-refractivity contribution in [1.82, 2.24) is 4.98 Å². The van der Waals surface area contributed by atoms with Crippen LogP contribution in [0.5, 0.6) is 0 Å². The summed E-state index contributed by atoms with van der Waals surface area (Å²) < 4.78 is 24.6. The summed E-state index contributed by atoms with van der Waals surface area (Å²) in [6.45, 7) is 1.94. The minimum absolute atomic E-state index is 0.308. The molecule has 0 aromatic carbocycles. The van der Waals surface area contributed by atoms with Crippen LogP contribution in [0, 0.1) is 6.92 Å². The van der Waals surface area contributed by atoms with Crippen LogP contribution in [0.25, 0.3) is 0 Å². The molecule has 15 heavy (non-hydrogen) atoms. The first-order chi connectivity index (χ1) is 7.13. The zero-order chi connectivity index (χ0) is 11.3. The molecule has 0 aliphatic carbocycles. The SMILES string of the molecule is Cc1ccnc(N(CCCl)CC(F)F)c1. The summed E-state index contributed by atoms with van der Waals surface area (Å²) in [6.07, 6.45) is -0.771. The molecule has 0 atom stereocenters. The van der Waals surface area contributed by atoms with Crippen LogP contribution < -0.4 is 4.90 Å². The molecule has 0 N–H and O–H groups in total. The number of anilines is 1. The number of aryl methyl sites for hydroxylation is 1. The summed E-state index contributed by atoms with van der Waals surface area (Å²) in [4.78, 5) is 5.54. The third kappa shape index (κ3) is 4.00. The second kappa shape index (κ2) is 5.85. The van der Waals surface area contributed by atoms with Crippen molar-refractivity contribution < 1.29 is 8.78 Å². The molecule has 1 heterocycles. The van der Waals surface area contributed by atoms with Gasteiger partial charge in [-0.25, -0.2) is 13.8 Å². The van der Waals surface area contributed by atoms with Gasteiger partial charge in [0.25, 0.3) is 6.43 Å². The molecule has 1 rings (SSSR count). The van der Waals surface area contributed by atoms with Gasteiger partial charge >= 0.3 is 0 Å². The van der Waals surface area contributed by atoms with Crippen LogP contribution in [0.15, 0.2) is 18.3 Å². The Bertz CT molecular complexity index is 307. The quantitative estimate of drug-likeness (QED) is 0.729. The number of rotatable bonds is 5. The molecule has 0 amide bonds. The van der Waals surface area contributed by atoms with Crippen molar-refractivity contribution in [3.05, 3.63) is 23.9 Å². The van der Waals surface area contributed by atoms with Gasteiger partial charge in [-0.05, 0) is 24.6 Å². The highest BCUT2D eigenvalue weighted by Crippen LogP contribution is 2.13. The van der Waals surface area contributed by atoms with E-state index in [9.17, 15) is 8.78 Å². The number of nitrogens with zero attached hydrogens (tertiary/aromatic N) is 2. The summed E-state index contributed by atoms with van der Waals surface area (Å²) in [5, 5.41) is 0. The predicted molar refractivity (Wildman–Crippen MR) is 57.9 cm³/mol. The van der Waals surface area contributed by atoms with E-state index in [-0.39, 0.29) is 6.54 Å². The molecule has 0 radical (unpaired) electrons. The Morgan fingerprint density at radius 1 is 1.53 bits per heavy atom. The summed E-state index contributed by atoms with van der Waals surface area (Å²) in [5.41, 5.74) is 0.994. The average Bonchev–Trinajstić information content (AvgIpc) is 2.16. The van der Waals surface area contributed by atoms with Crippen LogP contribution in [0.2, 0.25) is 0 Å². The van der Waals surface area contributed by atoms with E-state index < -0.39 is 6.43 Å². The molecule has 0 spiro atoms. The van der Waals surface area contributed by atoms with E-state index in [0.29, 0.717) is 18.2 Å². The molecule has 0 bridgehead atoms. The van der Waals surface area contributed by atoms with Crippen LogP contribution in [0.3, 0.4) is 0 Å². The average molecular weight is 235 g/mol. The first-order valence-electron chi connectivity index (χ1n) is 4.65. The zero-order valence-electron chi connectivity index (χ0n) is 8.46. The molecule has 1 aromatic rings. The maximum absolute atomic E-state index is 12.3. The van der Waals surface area contributed by atoms with Gasteiger partial charge < -0.3 is 4.90 Å². The summed E-state index contributed by atoms with van der Waals surface area (Å²) in [7, 11) is 0. The minimum atomic E-state index is -2.38. The number of halogens is 3. The van der Waals surface area contributed by atoms with E-state index >= 15 is 0 Å². The van der Waals surface area contributed by atoms with Crippen LogP contribution in [0.4, 0.5) is 14.6 Å². The van der Waals surface area contributed by atoms with Gasteiger partial charge in [0.15, 0.2) is 0 Å². The van der Waals surface area contributed by atoms with Crippen molar-refractivity contribution in [1.29, 1.82) is 0 Å². The fourth-order valence-corrected chi connectivity index (χ4v) is 1.47. The monoisotopic (exact) mass is 234 g/mol. The molecule has 0 aliphatic rings. The number of hydrogen-bond donors (Lipinski definition) is 0. The third-order valence-corrected chi connectivity index (χ3v) is 2.11. The lowest BCUT2D eigenvalue weighted by atomic mass is 10.3. The fraction of sp³-hybridized carbons (Fsp3) is 0.500. The maximum Gasteiger partial charge on any atom is 0.255 e. The predicted octanol–water partition coefficient (Wildman–Crippen LogP) is 2.70. The highest BCUT2D eigenvalue weighted by Gasteiger charge is 2.13. The molecular formula is C10H13ClF2N2. The largest absolute Gasteiger partial charge is 0.350 e. The Labute approximate surface area is 92.9 Å². The lowest BCUT2D eigenvalue weighted by Crippen LogP contribution is -2.31. The molecule has 2 nitrogen and oxygen atoms in total. The molecule has 0 fully saturated rings. The fourth-order valence-electron chi connectivity index (χ4n) is 1.26. The normalized spacial score (nSPS) is 10.7. The van der Waals surface area contributed by atoms with Gasteiger partial charge in [-0.3, -0.25) is 0 Å². The van der Waals surface area contributed by atoms with Crippen molar-refractivity contribution in [2.45, 2.75) is 13.3 Å². The lowest BCUT2D eigenvalue weighted by Gasteiger charge is -2.22. The van der Waals surface area contributed by atoms with Gasteiger partial charge in [0.1, 0.15) is 5.82 Å². The van der Waals surface area contributed by atoms with Crippen molar-refractivity contribution >= 4 is 17.4 Å². The highest BCUT2D eigenvalue weighted by molar-refractivity contribution is 6.18. The van der Waals surface area contributed by atoms with Gasteiger partial charge in [0.05, 0.1) is 6.54 Å². The number of alkyl halides is 3. The van der Waals surface area contributed by atoms with Gasteiger partial charge in [0.2, 0.25) is 0 Å². The van der Waals surface area contributed by atoms with Gasteiger partial charge in [-0.2, -0.15) is 0 Å². The van der Waals surface area contributed by atoms with Crippen LogP contribution >= 0.6 is 11.6 Å². The maximum atomic E-state index is 12.3. The van der Waals surface area contributed by atoms with Crippen molar-refractivity contribution in [2.75, 3.05) is 23.9 Å². The molecule has 0 aliphatic heterocycles. The van der Waals surface area contributed by atoms with Gasteiger partial charge in [-0.1, -0.05) is 0 Å². The number of hydrogen-bond acceptors (Lipinski definition) is 2. The molecule has 84 valence electrons. The Balaban J connectivity index is 2.78. The van der Waals surface area contributed by atoms with Gasteiger partial charge in [0, 0.05) is 18.6 Å². The van der Waals surface area contributed by atoms with Crippen molar-refractivity contribution in [3.63, 3.8) is 0 Å². The van der Waals surface area contributed by atoms with E-state index in [1.165, 1.54) is 4.90 Å². The van der Waals surface area contributed by atoms with Crippen molar-refractivity contribution in [2.24, 2.45) is 0 Å². The topological polar surface area (TPSA) is 16.1 Å². The molecular weight excluding hydrogens is 222 g/mol. The highest BCUT2D eigenvalue weighted by atomic mass is 35.5. The number of aromatic nitrogens is 1. The Morgan fingerprint density at radius 2 is 2.27 bits per heavy atom. The molecule has 5 heteroatoms. The molecule has 1 aromatic heterocycles. The van der Waals surface area contributed by atoms with Crippen molar-refractivity contribution in [3.8, 4) is 0 Å². The van der Waals surface area contributed by atoms with E-state index in [0.717, 1.165) is 5.56 Å². The van der Waals surface area contributed by atoms with Crippen LogP contribution in [-0.4, -0.2) is 30.4 Å². The lowest BCUT2D eigenvalue weighted by molar-refractivity contribution is 0.155. The van der Waals surface area contributed by atoms with E-state index in [2.05, 4.69) is 4.98 Å². The zero-order valence-corrected chi connectivity index (χ0v) is 9.21. The standard InChI is InChI=1S/C10H13ClF2N2/c1-8-2-4-14-10(6-8)15(5-3-11)7-9(12)13/h2,4,6,9H,3,5,7H2,1H3. The Kier molecular flexibility index (Phi) is 4.75. The third-order valence-electron chi connectivity index (χ3n) is 1.94. The van der Waals surface area contributed by atoms with Crippen LogP contribution in [-0.2, 0) is 0 Å². The second-order valence-corrected chi connectivity index (χ2v) is 3.60. The van der Waals surface area contributed by atoms with Gasteiger partial charge in [-0.15, -0.1) is 11.6 Å². The molecule has 0 unspecified atom stereocenters. The molecule has 0 saturated heterocycles. The molecule has 0 saturated carbocycles.